The molecule has 164 valence electrons. The van der Waals surface area contributed by atoms with Crippen molar-refractivity contribution >= 4 is 57.0 Å². The smallest absolute Gasteiger partial charge is 0.302 e. The van der Waals surface area contributed by atoms with E-state index < -0.39 is 0 Å². The van der Waals surface area contributed by atoms with Crippen molar-refractivity contribution in [3.05, 3.63) is 93.7 Å². The Kier molecular flexibility index (Phi) is 5.66. The highest BCUT2D eigenvalue weighted by Crippen LogP contribution is 2.29. The lowest BCUT2D eigenvalue weighted by Crippen LogP contribution is -2.22. The SMILES string of the molecule is Cc1ccc(-n2c(SCC(=O)Nc3ccccc3Cl)nc3c(oc4ccccc43)c2=O)cc1. The number of carbonyl (C=O) groups excluding carboxylic acids is 1. The average molecular weight is 476 g/mol. The first-order valence-corrected chi connectivity index (χ1v) is 11.6. The second kappa shape index (κ2) is 8.77. The molecule has 0 unspecified atom stereocenters. The number of thioether (sulfide) groups is 1. The zero-order valence-electron chi connectivity index (χ0n) is 17.5. The van der Waals surface area contributed by atoms with Gasteiger partial charge in [-0.15, -0.1) is 0 Å². The van der Waals surface area contributed by atoms with Gasteiger partial charge >= 0.3 is 5.56 Å². The largest absolute Gasteiger partial charge is 0.448 e. The van der Waals surface area contributed by atoms with Gasteiger partial charge in [-0.2, -0.15) is 0 Å². The molecule has 5 aromatic rings. The Morgan fingerprint density at radius 3 is 2.58 bits per heavy atom. The van der Waals surface area contributed by atoms with E-state index in [4.69, 9.17) is 21.0 Å². The maximum atomic E-state index is 13.5. The minimum atomic E-state index is -0.325. The number of fused-ring (bicyclic) bond motifs is 3. The lowest BCUT2D eigenvalue weighted by atomic mass is 10.2. The topological polar surface area (TPSA) is 77.1 Å². The molecule has 2 heterocycles. The highest BCUT2D eigenvalue weighted by molar-refractivity contribution is 7.99. The third-order valence-corrected chi connectivity index (χ3v) is 6.41. The summed E-state index contributed by atoms with van der Waals surface area (Å²) in [6.07, 6.45) is 0. The second-order valence-electron chi connectivity index (χ2n) is 7.46. The first-order valence-electron chi connectivity index (χ1n) is 10.2. The molecule has 0 aliphatic rings. The van der Waals surface area contributed by atoms with Gasteiger partial charge in [0.1, 0.15) is 11.1 Å². The predicted octanol–water partition coefficient (Wildman–Crippen LogP) is 5.82. The summed E-state index contributed by atoms with van der Waals surface area (Å²) in [4.78, 5) is 30.8. The van der Waals surface area contributed by atoms with Gasteiger partial charge in [0.25, 0.3) is 0 Å². The van der Waals surface area contributed by atoms with E-state index in [1.807, 2.05) is 49.4 Å². The van der Waals surface area contributed by atoms with E-state index in [-0.39, 0.29) is 22.8 Å². The number of rotatable bonds is 5. The summed E-state index contributed by atoms with van der Waals surface area (Å²) in [6.45, 7) is 1.97. The van der Waals surface area contributed by atoms with E-state index in [0.29, 0.717) is 32.7 Å². The van der Waals surface area contributed by atoms with Gasteiger partial charge in [0, 0.05) is 5.39 Å². The van der Waals surface area contributed by atoms with Gasteiger partial charge < -0.3 is 9.73 Å². The van der Waals surface area contributed by atoms with Gasteiger partial charge in [-0.25, -0.2) is 4.98 Å². The maximum Gasteiger partial charge on any atom is 0.302 e. The number of nitrogens with one attached hydrogen (secondary N) is 1. The van der Waals surface area contributed by atoms with Crippen molar-refractivity contribution in [3.63, 3.8) is 0 Å². The van der Waals surface area contributed by atoms with Crippen LogP contribution >= 0.6 is 23.4 Å². The molecular formula is C25H18ClN3O3S. The molecule has 1 N–H and O–H groups in total. The quantitative estimate of drug-likeness (QED) is 0.256. The van der Waals surface area contributed by atoms with Gasteiger partial charge in [0.2, 0.25) is 11.5 Å². The first kappa shape index (κ1) is 21.3. The molecule has 33 heavy (non-hydrogen) atoms. The van der Waals surface area contributed by atoms with Crippen molar-refractivity contribution in [3.8, 4) is 5.69 Å². The Labute approximate surface area is 198 Å². The number of aryl methyl sites for hydroxylation is 1. The number of amides is 1. The van der Waals surface area contributed by atoms with Gasteiger partial charge in [-0.1, -0.05) is 65.3 Å². The summed E-state index contributed by atoms with van der Waals surface area (Å²) in [6, 6.07) is 21.9. The number of furan rings is 1. The summed E-state index contributed by atoms with van der Waals surface area (Å²) in [5.74, 6) is -0.208. The van der Waals surface area contributed by atoms with E-state index in [9.17, 15) is 9.59 Å². The number of carbonyl (C=O) groups is 1. The number of hydrogen-bond donors (Lipinski definition) is 1. The Hall–Kier alpha value is -3.55. The summed E-state index contributed by atoms with van der Waals surface area (Å²) in [7, 11) is 0. The Balaban J connectivity index is 1.57. The molecule has 8 heteroatoms. The Morgan fingerprint density at radius 2 is 1.79 bits per heavy atom. The Bertz CT molecular complexity index is 1560. The average Bonchev–Trinajstić information content (AvgIpc) is 3.19. The summed E-state index contributed by atoms with van der Waals surface area (Å²) < 4.78 is 7.33. The minimum absolute atomic E-state index is 0.0464. The molecule has 6 nitrogen and oxygen atoms in total. The molecule has 0 fully saturated rings. The number of nitrogens with zero attached hydrogens (tertiary/aromatic N) is 2. The number of benzene rings is 3. The lowest BCUT2D eigenvalue weighted by Gasteiger charge is -2.12. The summed E-state index contributed by atoms with van der Waals surface area (Å²) >= 11 is 7.32. The normalized spacial score (nSPS) is 11.2. The fraction of sp³-hybridized carbons (Fsp3) is 0.0800. The fourth-order valence-corrected chi connectivity index (χ4v) is 4.51. The van der Waals surface area contributed by atoms with Crippen LogP contribution in [0.3, 0.4) is 0 Å². The Morgan fingerprint density at radius 1 is 1.06 bits per heavy atom. The van der Waals surface area contributed by atoms with Crippen LogP contribution in [-0.4, -0.2) is 21.2 Å². The number of hydrogen-bond acceptors (Lipinski definition) is 5. The van der Waals surface area contributed by atoms with Crippen LogP contribution in [0.25, 0.3) is 27.8 Å². The standard InChI is InChI=1S/C25H18ClN3O3S/c1-15-10-12-16(13-11-15)29-24(31)23-22(17-6-2-5-9-20(17)32-23)28-25(29)33-14-21(30)27-19-8-4-3-7-18(19)26/h2-13H,14H2,1H3,(H,27,30). The molecule has 0 radical (unpaired) electrons. The molecule has 0 saturated carbocycles. The lowest BCUT2D eigenvalue weighted by molar-refractivity contribution is -0.113. The van der Waals surface area contributed by atoms with Crippen molar-refractivity contribution in [1.29, 1.82) is 0 Å². The molecule has 0 spiro atoms. The summed E-state index contributed by atoms with van der Waals surface area (Å²) in [5.41, 5.74) is 3.17. The van der Waals surface area contributed by atoms with Crippen molar-refractivity contribution < 1.29 is 9.21 Å². The molecular weight excluding hydrogens is 458 g/mol. The first-order chi connectivity index (χ1) is 16.0. The van der Waals surface area contributed by atoms with Crippen LogP contribution in [0.15, 0.2) is 87.2 Å². The van der Waals surface area contributed by atoms with Crippen LogP contribution in [0.1, 0.15) is 5.56 Å². The van der Waals surface area contributed by atoms with Crippen molar-refractivity contribution in [1.82, 2.24) is 9.55 Å². The van der Waals surface area contributed by atoms with Gasteiger partial charge in [-0.3, -0.25) is 14.2 Å². The molecule has 0 saturated heterocycles. The number of para-hydroxylation sites is 2. The van der Waals surface area contributed by atoms with Crippen molar-refractivity contribution in [2.75, 3.05) is 11.1 Å². The molecule has 1 amide bonds. The molecule has 0 aliphatic carbocycles. The maximum absolute atomic E-state index is 13.5. The van der Waals surface area contributed by atoms with E-state index >= 15 is 0 Å². The number of aromatic nitrogens is 2. The molecule has 0 bridgehead atoms. The predicted molar refractivity (Wildman–Crippen MR) is 133 cm³/mol. The van der Waals surface area contributed by atoms with Crippen LogP contribution < -0.4 is 10.9 Å². The highest BCUT2D eigenvalue weighted by atomic mass is 35.5. The zero-order valence-corrected chi connectivity index (χ0v) is 19.1. The van der Waals surface area contributed by atoms with Crippen LogP contribution in [0.2, 0.25) is 5.02 Å². The monoisotopic (exact) mass is 475 g/mol. The third kappa shape index (κ3) is 4.13. The van der Waals surface area contributed by atoms with Crippen LogP contribution in [0.4, 0.5) is 5.69 Å². The van der Waals surface area contributed by atoms with Crippen molar-refractivity contribution in [2.24, 2.45) is 0 Å². The summed E-state index contributed by atoms with van der Waals surface area (Å²) in [5, 5.41) is 4.41. The van der Waals surface area contributed by atoms with E-state index in [2.05, 4.69) is 5.32 Å². The fourth-order valence-electron chi connectivity index (χ4n) is 3.52. The van der Waals surface area contributed by atoms with Gasteiger partial charge in [0.05, 0.1) is 22.2 Å². The zero-order chi connectivity index (χ0) is 22.9. The van der Waals surface area contributed by atoms with Crippen LogP contribution in [0, 0.1) is 6.92 Å². The highest BCUT2D eigenvalue weighted by Gasteiger charge is 2.20. The van der Waals surface area contributed by atoms with Gasteiger partial charge in [-0.05, 0) is 43.3 Å². The van der Waals surface area contributed by atoms with E-state index in [1.54, 1.807) is 30.3 Å². The van der Waals surface area contributed by atoms with Crippen LogP contribution in [-0.2, 0) is 4.79 Å². The number of anilines is 1. The third-order valence-electron chi connectivity index (χ3n) is 5.14. The molecule has 0 atom stereocenters. The second-order valence-corrected chi connectivity index (χ2v) is 8.81. The molecule has 0 aliphatic heterocycles. The van der Waals surface area contributed by atoms with Crippen LogP contribution in [0.5, 0.6) is 0 Å². The molecule has 5 rings (SSSR count). The van der Waals surface area contributed by atoms with Crippen molar-refractivity contribution in [2.45, 2.75) is 12.1 Å². The van der Waals surface area contributed by atoms with E-state index in [0.717, 1.165) is 10.9 Å². The van der Waals surface area contributed by atoms with E-state index in [1.165, 1.54) is 16.3 Å². The number of halogens is 1. The van der Waals surface area contributed by atoms with Gasteiger partial charge in [0.15, 0.2) is 5.16 Å². The minimum Gasteiger partial charge on any atom is -0.448 e. The molecule has 2 aromatic heterocycles. The molecule has 3 aromatic carbocycles.